The Labute approximate surface area is 175 Å². The van der Waals surface area contributed by atoms with Gasteiger partial charge in [-0.1, -0.05) is 0 Å². The fourth-order valence-corrected chi connectivity index (χ4v) is 4.05. The van der Waals surface area contributed by atoms with Gasteiger partial charge in [0.05, 0.1) is 0 Å². The van der Waals surface area contributed by atoms with Crippen LogP contribution < -0.4 is 10.9 Å². The predicted molar refractivity (Wildman–Crippen MR) is 112 cm³/mol. The van der Waals surface area contributed by atoms with Crippen molar-refractivity contribution in [3.8, 4) is 0 Å². The summed E-state index contributed by atoms with van der Waals surface area (Å²) < 4.78 is 3.46. The summed E-state index contributed by atoms with van der Waals surface area (Å²) in [5.74, 6) is 1.44. The van der Waals surface area contributed by atoms with Crippen LogP contribution in [-0.2, 0) is 17.9 Å². The molecule has 0 radical (unpaired) electrons. The van der Waals surface area contributed by atoms with Crippen LogP contribution in [0.2, 0.25) is 0 Å². The quantitative estimate of drug-likeness (QED) is 0.747. The molecule has 160 valence electrons. The minimum absolute atomic E-state index is 0.0423. The number of piperidine rings is 1. The Balaban J connectivity index is 1.38. The first-order chi connectivity index (χ1) is 14.5. The molecule has 1 saturated heterocycles. The van der Waals surface area contributed by atoms with E-state index in [1.807, 2.05) is 18.0 Å². The number of carbonyl (C=O) groups is 2. The molecule has 2 aromatic heterocycles. The normalized spacial score (nSPS) is 19.0. The molecule has 1 atom stereocenters. The molecule has 8 nitrogen and oxygen atoms in total. The molecular formula is C22H29N5O3. The van der Waals surface area contributed by atoms with Crippen molar-refractivity contribution < 1.29 is 9.59 Å². The number of hydrogen-bond acceptors (Lipinski definition) is 4. The SMILES string of the molecule is Cc1nccn1C[C@@H]1CCCN(C(=O)Cn2cccc(C(=O)NCC3CC3)c2=O)C1. The highest BCUT2D eigenvalue weighted by Crippen LogP contribution is 2.27. The topological polar surface area (TPSA) is 89.2 Å². The lowest BCUT2D eigenvalue weighted by Gasteiger charge is -2.33. The van der Waals surface area contributed by atoms with Crippen molar-refractivity contribution >= 4 is 11.8 Å². The fourth-order valence-electron chi connectivity index (χ4n) is 4.05. The number of aryl methyl sites for hydroxylation is 1. The molecule has 4 rings (SSSR count). The monoisotopic (exact) mass is 411 g/mol. The molecule has 1 aliphatic carbocycles. The highest BCUT2D eigenvalue weighted by Gasteiger charge is 2.25. The second-order valence-corrected chi connectivity index (χ2v) is 8.48. The van der Waals surface area contributed by atoms with E-state index in [1.165, 1.54) is 10.6 Å². The van der Waals surface area contributed by atoms with E-state index in [0.717, 1.165) is 38.1 Å². The van der Waals surface area contributed by atoms with Crippen LogP contribution in [0.1, 0.15) is 41.9 Å². The molecule has 2 aliphatic rings. The molecule has 2 amide bonds. The van der Waals surface area contributed by atoms with E-state index in [4.69, 9.17) is 0 Å². The summed E-state index contributed by atoms with van der Waals surface area (Å²) in [7, 11) is 0. The van der Waals surface area contributed by atoms with Crippen molar-refractivity contribution in [3.05, 3.63) is 52.5 Å². The van der Waals surface area contributed by atoms with Crippen molar-refractivity contribution in [2.24, 2.45) is 11.8 Å². The highest BCUT2D eigenvalue weighted by atomic mass is 16.2. The first kappa shape index (κ1) is 20.4. The van der Waals surface area contributed by atoms with Crippen LogP contribution in [0.4, 0.5) is 0 Å². The zero-order valence-electron chi connectivity index (χ0n) is 17.4. The van der Waals surface area contributed by atoms with Gasteiger partial charge in [-0.15, -0.1) is 0 Å². The lowest BCUT2D eigenvalue weighted by molar-refractivity contribution is -0.133. The zero-order valence-corrected chi connectivity index (χ0v) is 17.4. The average molecular weight is 412 g/mol. The number of imidazole rings is 1. The summed E-state index contributed by atoms with van der Waals surface area (Å²) in [6.07, 6.45) is 9.61. The van der Waals surface area contributed by atoms with Crippen molar-refractivity contribution in [3.63, 3.8) is 0 Å². The van der Waals surface area contributed by atoms with Gasteiger partial charge in [-0.2, -0.15) is 0 Å². The first-order valence-corrected chi connectivity index (χ1v) is 10.7. The highest BCUT2D eigenvalue weighted by molar-refractivity contribution is 5.93. The van der Waals surface area contributed by atoms with E-state index in [1.54, 1.807) is 18.5 Å². The molecule has 8 heteroatoms. The van der Waals surface area contributed by atoms with Gasteiger partial charge in [0.25, 0.3) is 11.5 Å². The Hall–Kier alpha value is -2.90. The molecule has 1 saturated carbocycles. The third-order valence-electron chi connectivity index (χ3n) is 6.07. The van der Waals surface area contributed by atoms with Crippen molar-refractivity contribution in [1.29, 1.82) is 0 Å². The van der Waals surface area contributed by atoms with Crippen LogP contribution in [0.5, 0.6) is 0 Å². The van der Waals surface area contributed by atoms with E-state index in [2.05, 4.69) is 14.9 Å². The van der Waals surface area contributed by atoms with Crippen LogP contribution in [0, 0.1) is 18.8 Å². The molecule has 1 N–H and O–H groups in total. The van der Waals surface area contributed by atoms with Gasteiger partial charge >= 0.3 is 0 Å². The number of aromatic nitrogens is 3. The Morgan fingerprint density at radius 3 is 2.73 bits per heavy atom. The fraction of sp³-hybridized carbons (Fsp3) is 0.545. The summed E-state index contributed by atoms with van der Waals surface area (Å²) in [6.45, 7) is 4.76. The molecule has 0 spiro atoms. The van der Waals surface area contributed by atoms with Crippen molar-refractivity contribution in [2.75, 3.05) is 19.6 Å². The third-order valence-corrected chi connectivity index (χ3v) is 6.07. The van der Waals surface area contributed by atoms with Crippen LogP contribution in [0.3, 0.4) is 0 Å². The van der Waals surface area contributed by atoms with E-state index < -0.39 is 5.56 Å². The number of hydrogen-bond donors (Lipinski definition) is 1. The third kappa shape index (κ3) is 4.80. The van der Waals surface area contributed by atoms with Gasteiger partial charge in [-0.25, -0.2) is 4.98 Å². The second-order valence-electron chi connectivity index (χ2n) is 8.48. The number of amides is 2. The zero-order chi connectivity index (χ0) is 21.1. The predicted octanol–water partition coefficient (Wildman–Crippen LogP) is 1.43. The summed E-state index contributed by atoms with van der Waals surface area (Å²) >= 11 is 0. The molecular weight excluding hydrogens is 382 g/mol. The minimum Gasteiger partial charge on any atom is -0.352 e. The number of carbonyl (C=O) groups excluding carboxylic acids is 2. The molecule has 1 aliphatic heterocycles. The lowest BCUT2D eigenvalue weighted by atomic mass is 9.97. The van der Waals surface area contributed by atoms with E-state index >= 15 is 0 Å². The Morgan fingerprint density at radius 1 is 1.17 bits per heavy atom. The van der Waals surface area contributed by atoms with Crippen LogP contribution in [0.15, 0.2) is 35.5 Å². The van der Waals surface area contributed by atoms with Gasteiger partial charge in [0.15, 0.2) is 0 Å². The Bertz CT molecular complexity index is 975. The first-order valence-electron chi connectivity index (χ1n) is 10.7. The Morgan fingerprint density at radius 2 is 2.00 bits per heavy atom. The summed E-state index contributed by atoms with van der Waals surface area (Å²) in [4.78, 5) is 44.0. The molecule has 0 bridgehead atoms. The molecule has 0 unspecified atom stereocenters. The van der Waals surface area contributed by atoms with Crippen LogP contribution >= 0.6 is 0 Å². The van der Waals surface area contributed by atoms with Crippen molar-refractivity contribution in [1.82, 2.24) is 24.3 Å². The number of nitrogens with zero attached hydrogens (tertiary/aromatic N) is 4. The number of nitrogens with one attached hydrogen (secondary N) is 1. The summed E-state index contributed by atoms with van der Waals surface area (Å²) in [5, 5.41) is 2.82. The lowest BCUT2D eigenvalue weighted by Crippen LogP contribution is -2.44. The maximum Gasteiger partial charge on any atom is 0.263 e. The van der Waals surface area contributed by atoms with Gasteiger partial charge < -0.3 is 19.4 Å². The van der Waals surface area contributed by atoms with E-state index in [0.29, 0.717) is 31.5 Å². The van der Waals surface area contributed by atoms with Gasteiger partial charge in [0.1, 0.15) is 17.9 Å². The van der Waals surface area contributed by atoms with Crippen molar-refractivity contribution in [2.45, 2.75) is 45.7 Å². The van der Waals surface area contributed by atoms with E-state index in [9.17, 15) is 14.4 Å². The summed E-state index contributed by atoms with van der Waals surface area (Å²) in [5.41, 5.74) is -0.320. The minimum atomic E-state index is -0.415. The average Bonchev–Trinajstić information content (AvgIpc) is 3.49. The number of rotatable bonds is 7. The maximum absolute atomic E-state index is 12.9. The largest absolute Gasteiger partial charge is 0.352 e. The molecule has 3 heterocycles. The number of pyridine rings is 1. The molecule has 2 aromatic rings. The molecule has 30 heavy (non-hydrogen) atoms. The van der Waals surface area contributed by atoms with Gasteiger partial charge in [0.2, 0.25) is 5.91 Å². The maximum atomic E-state index is 12.9. The summed E-state index contributed by atoms with van der Waals surface area (Å²) in [6, 6.07) is 3.18. The van der Waals surface area contributed by atoms with Gasteiger partial charge in [0, 0.05) is 44.8 Å². The Kier molecular flexibility index (Phi) is 6.01. The number of likely N-dealkylation sites (tertiary alicyclic amines) is 1. The smallest absolute Gasteiger partial charge is 0.263 e. The van der Waals surface area contributed by atoms with Gasteiger partial charge in [-0.3, -0.25) is 14.4 Å². The van der Waals surface area contributed by atoms with Crippen LogP contribution in [0.25, 0.3) is 0 Å². The second kappa shape index (κ2) is 8.85. The molecule has 2 fully saturated rings. The standard InChI is InChI=1S/C22H29N5O3/c1-16-23-8-11-25(16)13-18-4-2-9-26(14-18)20(28)15-27-10-3-5-19(22(27)30)21(29)24-12-17-6-7-17/h3,5,8,10-11,17-18H,2,4,6-7,9,12-15H2,1H3,(H,24,29)/t18-/m0/s1. The van der Waals surface area contributed by atoms with Gasteiger partial charge in [-0.05, 0) is 56.6 Å². The van der Waals surface area contributed by atoms with Crippen LogP contribution in [-0.4, -0.2) is 50.5 Å². The van der Waals surface area contributed by atoms with E-state index in [-0.39, 0.29) is 23.9 Å². The molecule has 0 aromatic carbocycles.